The van der Waals surface area contributed by atoms with Crippen LogP contribution in [0.25, 0.3) is 5.65 Å². The quantitative estimate of drug-likeness (QED) is 0.464. The maximum atomic E-state index is 12.9. The predicted octanol–water partition coefficient (Wildman–Crippen LogP) is 4.96. The highest BCUT2D eigenvalue weighted by molar-refractivity contribution is 7.99. The van der Waals surface area contributed by atoms with Gasteiger partial charge in [-0.2, -0.15) is 13.2 Å². The lowest BCUT2D eigenvalue weighted by atomic mass is 9.93. The van der Waals surface area contributed by atoms with E-state index in [9.17, 15) is 18.0 Å². The molecule has 8 heteroatoms. The van der Waals surface area contributed by atoms with Gasteiger partial charge in [-0.1, -0.05) is 11.8 Å². The van der Waals surface area contributed by atoms with E-state index < -0.39 is 11.7 Å². The maximum absolute atomic E-state index is 12.9. The molecule has 2 heterocycles. The molecule has 0 unspecified atom stereocenters. The number of fused-ring (bicyclic) bond motifs is 1. The summed E-state index contributed by atoms with van der Waals surface area (Å²) >= 11 is 1.08. The molecule has 2 aromatic heterocycles. The minimum absolute atomic E-state index is 0.0693. The van der Waals surface area contributed by atoms with Crippen molar-refractivity contribution in [3.63, 3.8) is 0 Å². The zero-order valence-electron chi connectivity index (χ0n) is 15.3. The minimum atomic E-state index is -4.45. The summed E-state index contributed by atoms with van der Waals surface area (Å²) < 4.78 is 40.0. The lowest BCUT2D eigenvalue weighted by Crippen LogP contribution is -2.09. The predicted molar refractivity (Wildman–Crippen MR) is 98.4 cm³/mol. The van der Waals surface area contributed by atoms with E-state index in [-0.39, 0.29) is 16.7 Å². The summed E-state index contributed by atoms with van der Waals surface area (Å²) in [6, 6.07) is 4.09. The Balaban J connectivity index is 1.86. The summed E-state index contributed by atoms with van der Waals surface area (Å²) in [7, 11) is 0. The van der Waals surface area contributed by atoms with E-state index >= 15 is 0 Å². The van der Waals surface area contributed by atoms with E-state index in [1.54, 1.807) is 0 Å². The first-order chi connectivity index (χ1) is 12.6. The summed E-state index contributed by atoms with van der Waals surface area (Å²) in [5.74, 6) is -0.0211. The second-order valence-electron chi connectivity index (χ2n) is 6.45. The fraction of sp³-hybridized carbons (Fsp3) is 0.316. The van der Waals surface area contributed by atoms with Gasteiger partial charge in [0.25, 0.3) is 0 Å². The number of halogens is 3. The van der Waals surface area contributed by atoms with Crippen molar-refractivity contribution in [3.8, 4) is 0 Å². The first-order valence-electron chi connectivity index (χ1n) is 8.25. The largest absolute Gasteiger partial charge is 0.417 e. The number of rotatable bonds is 4. The number of aryl methyl sites for hydroxylation is 1. The number of alkyl halides is 3. The molecule has 0 aliphatic rings. The van der Waals surface area contributed by atoms with Crippen molar-refractivity contribution >= 4 is 23.2 Å². The number of aromatic nitrogens is 3. The van der Waals surface area contributed by atoms with Crippen LogP contribution in [0.15, 0.2) is 29.6 Å². The van der Waals surface area contributed by atoms with Gasteiger partial charge in [0, 0.05) is 11.8 Å². The van der Waals surface area contributed by atoms with Crippen LogP contribution in [0.1, 0.15) is 38.2 Å². The fourth-order valence-electron chi connectivity index (χ4n) is 2.85. The van der Waals surface area contributed by atoms with Crippen molar-refractivity contribution in [1.82, 2.24) is 14.6 Å². The smallest absolute Gasteiger partial charge is 0.293 e. The number of benzene rings is 1. The molecule has 0 fully saturated rings. The lowest BCUT2D eigenvalue weighted by Gasteiger charge is -2.13. The number of pyridine rings is 1. The van der Waals surface area contributed by atoms with Gasteiger partial charge in [0.15, 0.2) is 16.6 Å². The molecule has 1 aromatic carbocycles. The molecular formula is C19H18F3N3OS. The summed E-state index contributed by atoms with van der Waals surface area (Å²) in [5, 5.41) is 8.03. The summed E-state index contributed by atoms with van der Waals surface area (Å²) in [4.78, 5) is 12.7. The van der Waals surface area contributed by atoms with Crippen molar-refractivity contribution < 1.29 is 18.0 Å². The fourth-order valence-corrected chi connectivity index (χ4v) is 3.64. The first-order valence-corrected chi connectivity index (χ1v) is 9.23. The third-order valence-corrected chi connectivity index (χ3v) is 5.76. The van der Waals surface area contributed by atoms with Crippen LogP contribution in [0, 0.1) is 27.7 Å². The van der Waals surface area contributed by atoms with E-state index in [2.05, 4.69) is 10.2 Å². The third kappa shape index (κ3) is 3.71. The second-order valence-corrected chi connectivity index (χ2v) is 7.40. The van der Waals surface area contributed by atoms with Crippen LogP contribution in [0.3, 0.4) is 0 Å². The average Bonchev–Trinajstić information content (AvgIpc) is 3.02. The monoisotopic (exact) mass is 393 g/mol. The normalized spacial score (nSPS) is 12.0. The van der Waals surface area contributed by atoms with Crippen LogP contribution in [-0.2, 0) is 6.18 Å². The number of hydrogen-bond acceptors (Lipinski definition) is 4. The molecule has 3 rings (SSSR count). The topological polar surface area (TPSA) is 47.3 Å². The van der Waals surface area contributed by atoms with E-state index in [1.807, 2.05) is 33.8 Å². The zero-order chi connectivity index (χ0) is 19.9. The molecule has 3 aromatic rings. The molecule has 0 spiro atoms. The van der Waals surface area contributed by atoms with Gasteiger partial charge in [-0.25, -0.2) is 0 Å². The molecule has 0 bridgehead atoms. The number of carbonyl (C=O) groups excluding carboxylic acids is 1. The Morgan fingerprint density at radius 3 is 2.44 bits per heavy atom. The van der Waals surface area contributed by atoms with Crippen LogP contribution in [-0.4, -0.2) is 26.1 Å². The zero-order valence-corrected chi connectivity index (χ0v) is 16.1. The molecule has 0 radical (unpaired) electrons. The van der Waals surface area contributed by atoms with Gasteiger partial charge in [-0.15, -0.1) is 10.2 Å². The Kier molecular flexibility index (Phi) is 5.03. The minimum Gasteiger partial charge on any atom is -0.293 e. The number of Topliss-reactive ketones (excluding diaryl/α,β-unsaturated/α-hetero) is 1. The van der Waals surface area contributed by atoms with Crippen molar-refractivity contribution in [3.05, 3.63) is 57.8 Å². The molecule has 0 saturated carbocycles. The highest BCUT2D eigenvalue weighted by atomic mass is 32.2. The van der Waals surface area contributed by atoms with Crippen LogP contribution >= 0.6 is 11.8 Å². The molecule has 142 valence electrons. The Labute approximate surface area is 158 Å². The van der Waals surface area contributed by atoms with Gasteiger partial charge >= 0.3 is 6.18 Å². The summed E-state index contributed by atoms with van der Waals surface area (Å²) in [6.07, 6.45) is -3.50. The van der Waals surface area contributed by atoms with Crippen LogP contribution in [0.4, 0.5) is 13.2 Å². The Hall–Kier alpha value is -2.35. The van der Waals surface area contributed by atoms with E-state index in [0.717, 1.165) is 46.3 Å². The number of carbonyl (C=O) groups is 1. The maximum Gasteiger partial charge on any atom is 0.417 e. The van der Waals surface area contributed by atoms with Gasteiger partial charge in [0.1, 0.15) is 0 Å². The molecule has 27 heavy (non-hydrogen) atoms. The highest BCUT2D eigenvalue weighted by Gasteiger charge is 2.31. The second kappa shape index (κ2) is 6.99. The summed E-state index contributed by atoms with van der Waals surface area (Å²) in [6.45, 7) is 7.85. The molecule has 4 nitrogen and oxygen atoms in total. The Morgan fingerprint density at radius 2 is 1.78 bits per heavy atom. The van der Waals surface area contributed by atoms with E-state index in [0.29, 0.717) is 11.2 Å². The number of nitrogens with zero attached hydrogens (tertiary/aromatic N) is 3. The Morgan fingerprint density at radius 1 is 1.07 bits per heavy atom. The van der Waals surface area contributed by atoms with E-state index in [1.165, 1.54) is 10.5 Å². The number of ketones is 1. The van der Waals surface area contributed by atoms with Crippen LogP contribution in [0.5, 0.6) is 0 Å². The van der Waals surface area contributed by atoms with Crippen molar-refractivity contribution in [1.29, 1.82) is 0 Å². The molecule has 0 amide bonds. The van der Waals surface area contributed by atoms with Gasteiger partial charge in [-0.3, -0.25) is 9.20 Å². The van der Waals surface area contributed by atoms with Gasteiger partial charge in [0.05, 0.1) is 11.3 Å². The lowest BCUT2D eigenvalue weighted by molar-refractivity contribution is -0.137. The molecule has 0 N–H and O–H groups in total. The molecular weight excluding hydrogens is 375 g/mol. The van der Waals surface area contributed by atoms with Gasteiger partial charge in [0.2, 0.25) is 0 Å². The summed E-state index contributed by atoms with van der Waals surface area (Å²) in [5.41, 5.74) is 4.34. The average molecular weight is 393 g/mol. The SMILES string of the molecule is Cc1cc(C(=O)CSc2nnc3ccc(C(F)(F)F)cn23)c(C)c(C)c1C. The third-order valence-electron chi connectivity index (χ3n) is 4.81. The van der Waals surface area contributed by atoms with E-state index in [4.69, 9.17) is 0 Å². The van der Waals surface area contributed by atoms with Crippen LogP contribution in [0.2, 0.25) is 0 Å². The first kappa shape index (κ1) is 19.4. The number of thioether (sulfide) groups is 1. The van der Waals surface area contributed by atoms with Crippen LogP contribution < -0.4 is 0 Å². The Bertz CT molecular complexity index is 1040. The number of hydrogen-bond donors (Lipinski definition) is 0. The van der Waals surface area contributed by atoms with Gasteiger partial charge in [-0.05, 0) is 68.1 Å². The van der Waals surface area contributed by atoms with Gasteiger partial charge < -0.3 is 0 Å². The highest BCUT2D eigenvalue weighted by Crippen LogP contribution is 2.30. The van der Waals surface area contributed by atoms with Crippen molar-refractivity contribution in [2.45, 2.75) is 39.0 Å². The molecule has 0 aliphatic carbocycles. The molecule has 0 atom stereocenters. The van der Waals surface area contributed by atoms with Crippen molar-refractivity contribution in [2.24, 2.45) is 0 Å². The molecule has 0 saturated heterocycles. The standard InChI is InChI=1S/C19H18F3N3OS/c1-10-7-15(13(4)12(3)11(10)2)16(26)9-27-18-24-23-17-6-5-14(8-25(17)18)19(20,21)22/h5-8H,9H2,1-4H3. The molecule has 0 aliphatic heterocycles. The van der Waals surface area contributed by atoms with Crippen molar-refractivity contribution in [2.75, 3.05) is 5.75 Å².